The van der Waals surface area contributed by atoms with Crippen molar-refractivity contribution in [2.75, 3.05) is 0 Å². The summed E-state index contributed by atoms with van der Waals surface area (Å²) in [5.41, 5.74) is 0. The highest BCUT2D eigenvalue weighted by Gasteiger charge is 2.46. The van der Waals surface area contributed by atoms with E-state index in [1.807, 2.05) is 0 Å². The number of rotatable bonds is 0. The fourth-order valence-corrected chi connectivity index (χ4v) is 2.13. The highest BCUT2D eigenvalue weighted by atomic mass is 16.1. The van der Waals surface area contributed by atoms with Crippen LogP contribution in [-0.2, 0) is 4.79 Å². The van der Waals surface area contributed by atoms with E-state index in [9.17, 15) is 4.79 Å². The summed E-state index contributed by atoms with van der Waals surface area (Å²) in [7, 11) is 0. The van der Waals surface area contributed by atoms with Crippen LogP contribution in [0.15, 0.2) is 0 Å². The van der Waals surface area contributed by atoms with Crippen LogP contribution in [-0.4, -0.2) is 5.78 Å². The normalized spacial score (nSPS) is 43.9. The minimum absolute atomic E-state index is 0.362. The van der Waals surface area contributed by atoms with E-state index >= 15 is 0 Å². The van der Waals surface area contributed by atoms with Crippen molar-refractivity contribution in [1.29, 1.82) is 0 Å². The van der Waals surface area contributed by atoms with Crippen molar-refractivity contribution in [3.05, 3.63) is 0 Å². The lowest BCUT2D eigenvalue weighted by atomic mass is 9.75. The van der Waals surface area contributed by atoms with E-state index < -0.39 is 0 Å². The Morgan fingerprint density at radius 3 is 2.80 bits per heavy atom. The van der Waals surface area contributed by atoms with Crippen LogP contribution in [0.1, 0.15) is 19.3 Å². The lowest BCUT2D eigenvalue weighted by Gasteiger charge is -2.27. The average Bonchev–Trinajstić information content (AvgIpc) is 2.26. The molecule has 0 radical (unpaired) electrons. The van der Waals surface area contributed by atoms with Gasteiger partial charge in [-0.05, 0) is 18.8 Å². The Balaban J connectivity index is 2.07. The molecule has 1 heteroatoms. The summed E-state index contributed by atoms with van der Waals surface area (Å²) in [6, 6.07) is 0. The number of ketones is 1. The van der Waals surface area contributed by atoms with E-state index in [2.05, 4.69) is 5.92 Å². The molecule has 0 spiro atoms. The van der Waals surface area contributed by atoms with Crippen LogP contribution >= 0.6 is 0 Å². The third-order valence-electron chi connectivity index (χ3n) is 2.81. The van der Waals surface area contributed by atoms with Crippen LogP contribution in [0.2, 0.25) is 0 Å². The minimum atomic E-state index is 0.362. The van der Waals surface area contributed by atoms with Gasteiger partial charge in [-0.25, -0.2) is 0 Å². The van der Waals surface area contributed by atoms with Gasteiger partial charge in [0.25, 0.3) is 0 Å². The molecule has 0 aromatic carbocycles. The molecule has 0 aliphatic heterocycles. The number of fused-ring (bicyclic) bond motifs is 1. The molecule has 3 atom stereocenters. The summed E-state index contributed by atoms with van der Waals surface area (Å²) in [6.07, 6.45) is 8.15. The van der Waals surface area contributed by atoms with Crippen molar-refractivity contribution in [1.82, 2.24) is 0 Å². The standard InChI is InChI=1S/C9H10O/c1-2-6-3-7-5-9(10)8(7)4-6/h1,6-8H,3-5H2/t6-,7-,8-/m1/s1. The second-order valence-corrected chi connectivity index (χ2v) is 3.37. The second kappa shape index (κ2) is 1.85. The quantitative estimate of drug-likeness (QED) is 0.455. The Kier molecular flexibility index (Phi) is 1.11. The van der Waals surface area contributed by atoms with Gasteiger partial charge in [-0.2, -0.15) is 0 Å². The SMILES string of the molecule is C#C[C@@H]1C[C@@H]2CC(=O)[C@@H]2C1. The Labute approximate surface area is 60.8 Å². The third-order valence-corrected chi connectivity index (χ3v) is 2.81. The van der Waals surface area contributed by atoms with Gasteiger partial charge in [0, 0.05) is 18.3 Å². The van der Waals surface area contributed by atoms with Crippen molar-refractivity contribution in [3.8, 4) is 12.3 Å². The van der Waals surface area contributed by atoms with Gasteiger partial charge in [-0.1, -0.05) is 0 Å². The number of carbonyl (C=O) groups excluding carboxylic acids is 1. The van der Waals surface area contributed by atoms with E-state index in [0.717, 1.165) is 19.3 Å². The summed E-state index contributed by atoms with van der Waals surface area (Å²) < 4.78 is 0. The molecule has 0 aromatic rings. The predicted octanol–water partition coefficient (Wildman–Crippen LogP) is 1.23. The van der Waals surface area contributed by atoms with Crippen LogP contribution in [0.3, 0.4) is 0 Å². The molecule has 2 aliphatic carbocycles. The van der Waals surface area contributed by atoms with Crippen molar-refractivity contribution < 1.29 is 4.79 Å². The van der Waals surface area contributed by atoms with Crippen LogP contribution in [0.4, 0.5) is 0 Å². The number of Topliss-reactive ketones (excluding diaryl/α,β-unsaturated/α-hetero) is 1. The maximum atomic E-state index is 10.9. The molecule has 2 saturated carbocycles. The molecule has 0 bridgehead atoms. The first kappa shape index (κ1) is 5.97. The van der Waals surface area contributed by atoms with Gasteiger partial charge in [-0.15, -0.1) is 12.3 Å². The summed E-state index contributed by atoms with van der Waals surface area (Å²) in [5.74, 6) is 4.61. The number of carbonyl (C=O) groups is 1. The highest BCUT2D eigenvalue weighted by Crippen LogP contribution is 2.46. The summed E-state index contributed by atoms with van der Waals surface area (Å²) in [4.78, 5) is 10.9. The summed E-state index contributed by atoms with van der Waals surface area (Å²) in [5, 5.41) is 0. The molecule has 2 fully saturated rings. The smallest absolute Gasteiger partial charge is 0.136 e. The molecule has 0 amide bonds. The van der Waals surface area contributed by atoms with Gasteiger partial charge in [0.1, 0.15) is 5.78 Å². The molecule has 2 aliphatic rings. The molecule has 52 valence electrons. The second-order valence-electron chi connectivity index (χ2n) is 3.37. The van der Waals surface area contributed by atoms with Gasteiger partial charge >= 0.3 is 0 Å². The van der Waals surface area contributed by atoms with Crippen molar-refractivity contribution in [2.24, 2.45) is 17.8 Å². The topological polar surface area (TPSA) is 17.1 Å². The Morgan fingerprint density at radius 1 is 1.50 bits per heavy atom. The Bertz CT molecular complexity index is 211. The van der Waals surface area contributed by atoms with Crippen LogP contribution in [0.5, 0.6) is 0 Å². The molecule has 0 aromatic heterocycles. The maximum absolute atomic E-state index is 10.9. The number of hydrogen-bond acceptors (Lipinski definition) is 1. The predicted molar refractivity (Wildman–Crippen MR) is 38.2 cm³/mol. The fourth-order valence-electron chi connectivity index (χ4n) is 2.13. The first-order valence-corrected chi connectivity index (χ1v) is 3.80. The van der Waals surface area contributed by atoms with Crippen molar-refractivity contribution in [3.63, 3.8) is 0 Å². The molecule has 2 rings (SSSR count). The molecule has 0 heterocycles. The minimum Gasteiger partial charge on any atom is -0.299 e. The van der Waals surface area contributed by atoms with E-state index in [1.54, 1.807) is 0 Å². The summed E-state index contributed by atoms with van der Waals surface area (Å²) in [6.45, 7) is 0. The monoisotopic (exact) mass is 134 g/mol. The summed E-state index contributed by atoms with van der Waals surface area (Å²) >= 11 is 0. The molecule has 0 saturated heterocycles. The zero-order valence-corrected chi connectivity index (χ0v) is 5.84. The average molecular weight is 134 g/mol. The largest absolute Gasteiger partial charge is 0.299 e. The molecule has 0 N–H and O–H groups in total. The first-order valence-electron chi connectivity index (χ1n) is 3.80. The number of terminal acetylenes is 1. The van der Waals surface area contributed by atoms with Gasteiger partial charge in [-0.3, -0.25) is 4.79 Å². The van der Waals surface area contributed by atoms with Crippen LogP contribution in [0.25, 0.3) is 0 Å². The Morgan fingerprint density at radius 2 is 2.30 bits per heavy atom. The molecule has 10 heavy (non-hydrogen) atoms. The molecular weight excluding hydrogens is 124 g/mol. The third kappa shape index (κ3) is 0.623. The van der Waals surface area contributed by atoms with Gasteiger partial charge in [0.05, 0.1) is 0 Å². The lowest BCUT2D eigenvalue weighted by Crippen LogP contribution is -2.32. The molecule has 0 unspecified atom stereocenters. The van der Waals surface area contributed by atoms with E-state index in [0.29, 0.717) is 23.5 Å². The van der Waals surface area contributed by atoms with E-state index in [-0.39, 0.29) is 0 Å². The maximum Gasteiger partial charge on any atom is 0.136 e. The van der Waals surface area contributed by atoms with Crippen molar-refractivity contribution >= 4 is 5.78 Å². The van der Waals surface area contributed by atoms with Crippen LogP contribution < -0.4 is 0 Å². The van der Waals surface area contributed by atoms with Gasteiger partial charge < -0.3 is 0 Å². The highest BCUT2D eigenvalue weighted by molar-refractivity contribution is 5.87. The van der Waals surface area contributed by atoms with Crippen molar-refractivity contribution in [2.45, 2.75) is 19.3 Å². The van der Waals surface area contributed by atoms with Gasteiger partial charge in [0.2, 0.25) is 0 Å². The van der Waals surface area contributed by atoms with Crippen LogP contribution in [0, 0.1) is 30.1 Å². The molecule has 1 nitrogen and oxygen atoms in total. The lowest BCUT2D eigenvalue weighted by molar-refractivity contribution is -0.132. The molecular formula is C9H10O. The fraction of sp³-hybridized carbons (Fsp3) is 0.667. The van der Waals surface area contributed by atoms with E-state index in [1.165, 1.54) is 0 Å². The zero-order valence-electron chi connectivity index (χ0n) is 5.84. The van der Waals surface area contributed by atoms with E-state index in [4.69, 9.17) is 6.42 Å². The van der Waals surface area contributed by atoms with Gasteiger partial charge in [0.15, 0.2) is 0 Å². The Hall–Kier alpha value is -0.770. The number of hydrogen-bond donors (Lipinski definition) is 0. The first-order chi connectivity index (χ1) is 4.81. The zero-order chi connectivity index (χ0) is 7.14.